The predicted molar refractivity (Wildman–Crippen MR) is 115 cm³/mol. The normalized spacial score (nSPS) is 15.9. The van der Waals surface area contributed by atoms with Gasteiger partial charge in [-0.15, -0.1) is 21.5 Å². The van der Waals surface area contributed by atoms with Crippen LogP contribution in [0.25, 0.3) is 16.4 Å². The van der Waals surface area contributed by atoms with E-state index in [1.54, 1.807) is 24.8 Å². The van der Waals surface area contributed by atoms with Crippen molar-refractivity contribution >= 4 is 22.9 Å². The van der Waals surface area contributed by atoms with Gasteiger partial charge < -0.3 is 14.5 Å². The Balaban J connectivity index is 1.23. The molecule has 156 valence electrons. The Morgan fingerprint density at radius 3 is 2.84 bits per heavy atom. The molecule has 0 spiro atoms. The Morgan fingerprint density at radius 2 is 2.03 bits per heavy atom. The van der Waals surface area contributed by atoms with E-state index in [4.69, 9.17) is 0 Å². The van der Waals surface area contributed by atoms with E-state index >= 15 is 0 Å². The molecule has 3 heterocycles. The van der Waals surface area contributed by atoms with Crippen LogP contribution in [0.15, 0.2) is 48.5 Å². The van der Waals surface area contributed by atoms with E-state index < -0.39 is 11.7 Å². The lowest BCUT2D eigenvalue weighted by atomic mass is 10.1. The second-order valence-corrected chi connectivity index (χ2v) is 9.00. The summed E-state index contributed by atoms with van der Waals surface area (Å²) in [6.45, 7) is 0. The molecular weight excluding hydrogens is 415 g/mol. The van der Waals surface area contributed by atoms with Gasteiger partial charge in [-0.25, -0.2) is 9.37 Å². The van der Waals surface area contributed by atoms with Crippen LogP contribution in [0, 0.1) is 5.82 Å². The molecule has 0 radical (unpaired) electrons. The highest BCUT2D eigenvalue weighted by Crippen LogP contribution is 2.40. The number of carbonyl (C=O) groups excluding carboxylic acids is 1. The fourth-order valence-electron chi connectivity index (χ4n) is 3.67. The molecule has 0 saturated heterocycles. The van der Waals surface area contributed by atoms with Crippen molar-refractivity contribution in [2.24, 2.45) is 0 Å². The van der Waals surface area contributed by atoms with Gasteiger partial charge in [0, 0.05) is 29.2 Å². The maximum absolute atomic E-state index is 14.5. The molecule has 1 amide bonds. The van der Waals surface area contributed by atoms with Gasteiger partial charge in [0.15, 0.2) is 5.82 Å². The van der Waals surface area contributed by atoms with Crippen molar-refractivity contribution in [3.63, 3.8) is 0 Å². The number of hydrogen-bond donors (Lipinski definition) is 1. The summed E-state index contributed by atoms with van der Waals surface area (Å²) in [5.74, 6) is 0.276. The van der Waals surface area contributed by atoms with Gasteiger partial charge in [-0.05, 0) is 49.9 Å². The van der Waals surface area contributed by atoms with E-state index in [2.05, 4.69) is 25.1 Å². The van der Waals surface area contributed by atoms with Gasteiger partial charge in [0.05, 0.1) is 28.1 Å². The zero-order chi connectivity index (χ0) is 20.9. The highest BCUT2D eigenvalue weighted by molar-refractivity contribution is 7.14. The first-order chi connectivity index (χ1) is 15.2. The van der Waals surface area contributed by atoms with Crippen LogP contribution in [-0.4, -0.2) is 30.2 Å². The third-order valence-corrected chi connectivity index (χ3v) is 6.61. The number of nitrogens with zero attached hydrogens (tertiary/aromatic N) is 5. The van der Waals surface area contributed by atoms with Crippen molar-refractivity contribution < 1.29 is 9.18 Å². The molecule has 2 aliphatic rings. The van der Waals surface area contributed by atoms with Crippen LogP contribution in [-0.2, 0) is 0 Å². The van der Waals surface area contributed by atoms with E-state index in [9.17, 15) is 9.18 Å². The van der Waals surface area contributed by atoms with Gasteiger partial charge in [-0.2, -0.15) is 0 Å². The molecule has 0 bridgehead atoms. The molecule has 9 heteroatoms. The van der Waals surface area contributed by atoms with Crippen LogP contribution in [0.2, 0.25) is 0 Å². The van der Waals surface area contributed by atoms with Gasteiger partial charge in [0.2, 0.25) is 0 Å². The number of halogens is 1. The summed E-state index contributed by atoms with van der Waals surface area (Å²) in [5.41, 5.74) is 2.35. The van der Waals surface area contributed by atoms with Crippen LogP contribution in [0.5, 0.6) is 0 Å². The lowest BCUT2D eigenvalue weighted by Gasteiger charge is -2.08. The number of hydrogen-bond acceptors (Lipinski definition) is 5. The van der Waals surface area contributed by atoms with Gasteiger partial charge in [-0.3, -0.25) is 4.79 Å². The van der Waals surface area contributed by atoms with Gasteiger partial charge in [0.25, 0.3) is 5.91 Å². The Bertz CT molecular complexity index is 1280. The zero-order valence-corrected chi connectivity index (χ0v) is 17.3. The summed E-state index contributed by atoms with van der Waals surface area (Å²) in [4.78, 5) is 18.2. The summed E-state index contributed by atoms with van der Waals surface area (Å²) in [5, 5.41) is 12.9. The molecule has 31 heavy (non-hydrogen) atoms. The number of benzene rings is 1. The molecule has 4 aromatic rings. The summed E-state index contributed by atoms with van der Waals surface area (Å²) < 4.78 is 18.4. The zero-order valence-electron chi connectivity index (χ0n) is 16.5. The van der Waals surface area contributed by atoms with E-state index in [-0.39, 0.29) is 5.56 Å². The molecule has 2 fully saturated rings. The number of anilines is 1. The predicted octanol–water partition coefficient (Wildman–Crippen LogP) is 4.80. The highest BCUT2D eigenvalue weighted by Gasteiger charge is 2.27. The minimum atomic E-state index is -0.562. The monoisotopic (exact) mass is 434 g/mol. The lowest BCUT2D eigenvalue weighted by Crippen LogP contribution is -2.14. The molecule has 6 rings (SSSR count). The summed E-state index contributed by atoms with van der Waals surface area (Å²) in [6, 6.07) is 6.84. The third kappa shape index (κ3) is 3.54. The van der Waals surface area contributed by atoms with Crippen molar-refractivity contribution in [1.29, 1.82) is 0 Å². The average Bonchev–Trinajstić information content (AvgIpc) is 3.65. The highest BCUT2D eigenvalue weighted by atomic mass is 32.1. The minimum absolute atomic E-state index is 0.00642. The Morgan fingerprint density at radius 1 is 1.16 bits per heavy atom. The molecule has 3 aromatic heterocycles. The number of imidazole rings is 1. The Kier molecular flexibility index (Phi) is 4.24. The van der Waals surface area contributed by atoms with Crippen molar-refractivity contribution in [2.75, 3.05) is 5.32 Å². The maximum atomic E-state index is 14.5. The molecule has 2 saturated carbocycles. The SMILES string of the molecule is O=C(Nc1csc(-c2nncn2C2CC2)c1)c1cc(-n2cnc(C3CC3)c2)ccc1F. The number of amides is 1. The second-order valence-electron chi connectivity index (χ2n) is 8.09. The average molecular weight is 435 g/mol. The Labute approximate surface area is 181 Å². The van der Waals surface area contributed by atoms with Gasteiger partial charge in [0.1, 0.15) is 12.1 Å². The first kappa shape index (κ1) is 18.4. The van der Waals surface area contributed by atoms with Crippen LogP contribution < -0.4 is 5.32 Å². The van der Waals surface area contributed by atoms with Crippen LogP contribution >= 0.6 is 11.3 Å². The fourth-order valence-corrected chi connectivity index (χ4v) is 4.50. The molecule has 1 N–H and O–H groups in total. The standard InChI is InChI=1S/C22H19FN6OS/c23-18-6-5-16(28-9-19(24-11-28)13-1-2-13)8-17(18)22(30)26-14-7-20(31-10-14)21-27-25-12-29(21)15-3-4-15/h5-13,15H,1-4H2,(H,26,30). The maximum Gasteiger partial charge on any atom is 0.258 e. The van der Waals surface area contributed by atoms with Crippen molar-refractivity contribution in [3.8, 4) is 16.4 Å². The molecular formula is C22H19FN6OS. The molecule has 1 aromatic carbocycles. The molecule has 0 atom stereocenters. The van der Waals surface area contributed by atoms with Crippen LogP contribution in [0.3, 0.4) is 0 Å². The first-order valence-corrected chi connectivity index (χ1v) is 11.2. The Hall–Kier alpha value is -3.33. The number of nitrogens with one attached hydrogen (secondary N) is 1. The second kappa shape index (κ2) is 7.12. The lowest BCUT2D eigenvalue weighted by molar-refractivity contribution is 0.102. The van der Waals surface area contributed by atoms with E-state index in [1.165, 1.54) is 17.4 Å². The topological polar surface area (TPSA) is 77.6 Å². The van der Waals surface area contributed by atoms with E-state index in [0.717, 1.165) is 42.1 Å². The van der Waals surface area contributed by atoms with Gasteiger partial charge in [-0.1, -0.05) is 0 Å². The molecule has 0 aliphatic heterocycles. The fraction of sp³-hybridized carbons (Fsp3) is 0.273. The summed E-state index contributed by atoms with van der Waals surface area (Å²) >= 11 is 1.48. The number of thiophene rings is 1. The van der Waals surface area contributed by atoms with E-state index in [1.807, 2.05) is 22.2 Å². The van der Waals surface area contributed by atoms with Crippen LogP contribution in [0.1, 0.15) is 53.7 Å². The quantitative estimate of drug-likeness (QED) is 0.473. The number of rotatable bonds is 6. The minimum Gasteiger partial charge on any atom is -0.321 e. The van der Waals surface area contributed by atoms with Crippen molar-refractivity contribution in [3.05, 3.63) is 65.6 Å². The third-order valence-electron chi connectivity index (χ3n) is 5.68. The van der Waals surface area contributed by atoms with Crippen LogP contribution in [0.4, 0.5) is 10.1 Å². The number of aromatic nitrogens is 5. The van der Waals surface area contributed by atoms with Crippen molar-refractivity contribution in [2.45, 2.75) is 37.6 Å². The summed E-state index contributed by atoms with van der Waals surface area (Å²) in [6.07, 6.45) is 10.00. The first-order valence-electron chi connectivity index (χ1n) is 10.3. The summed E-state index contributed by atoms with van der Waals surface area (Å²) in [7, 11) is 0. The molecule has 7 nitrogen and oxygen atoms in total. The molecule has 2 aliphatic carbocycles. The van der Waals surface area contributed by atoms with Gasteiger partial charge >= 0.3 is 0 Å². The van der Waals surface area contributed by atoms with E-state index in [0.29, 0.717) is 23.3 Å². The largest absolute Gasteiger partial charge is 0.321 e. The smallest absolute Gasteiger partial charge is 0.258 e. The number of carbonyl (C=O) groups is 1. The molecule has 0 unspecified atom stereocenters. The van der Waals surface area contributed by atoms with Crippen molar-refractivity contribution in [1.82, 2.24) is 24.3 Å².